The van der Waals surface area contributed by atoms with Crippen LogP contribution in [0.15, 0.2) is 18.2 Å². The first-order valence-corrected chi connectivity index (χ1v) is 13.3. The van der Waals surface area contributed by atoms with E-state index < -0.39 is 5.97 Å². The maximum Gasteiger partial charge on any atom is 0.326 e. The van der Waals surface area contributed by atoms with Crippen molar-refractivity contribution in [1.82, 2.24) is 9.03 Å². The van der Waals surface area contributed by atoms with Gasteiger partial charge in [0.25, 0.3) is 0 Å². The van der Waals surface area contributed by atoms with Gasteiger partial charge in [0.05, 0.1) is 13.0 Å². The Morgan fingerprint density at radius 3 is 2.68 bits per heavy atom. The summed E-state index contributed by atoms with van der Waals surface area (Å²) in [5.41, 5.74) is 0.747. The van der Waals surface area contributed by atoms with Crippen LogP contribution in [-0.2, 0) is 20.7 Å². The summed E-state index contributed by atoms with van der Waals surface area (Å²) in [5, 5.41) is 0. The second-order valence-corrected chi connectivity index (χ2v) is 10.7. The molecule has 1 aliphatic heterocycles. The van der Waals surface area contributed by atoms with Crippen LogP contribution in [0, 0.1) is 5.92 Å². The zero-order valence-electron chi connectivity index (χ0n) is 21.6. The molecule has 8 heteroatoms. The molecule has 0 fully saturated rings. The minimum atomic E-state index is -0.394. The molecule has 1 aromatic rings. The molecule has 1 unspecified atom stereocenters. The van der Waals surface area contributed by atoms with Gasteiger partial charge in [-0.1, -0.05) is 45.2 Å². The van der Waals surface area contributed by atoms with E-state index in [2.05, 4.69) is 18.6 Å². The molecule has 1 aromatic carbocycles. The maximum atomic E-state index is 12.4. The Hall–Kier alpha value is -1.77. The minimum absolute atomic E-state index is 0.0288. The monoisotopic (exact) mass is 494 g/mol. The summed E-state index contributed by atoms with van der Waals surface area (Å²) in [6.07, 6.45) is 5.54. The highest BCUT2D eigenvalue weighted by molar-refractivity contribution is 7.95. The van der Waals surface area contributed by atoms with Crippen molar-refractivity contribution in [2.24, 2.45) is 5.92 Å². The van der Waals surface area contributed by atoms with Crippen LogP contribution in [0.2, 0.25) is 0 Å². The number of ether oxygens (including phenoxy) is 3. The van der Waals surface area contributed by atoms with E-state index in [0.29, 0.717) is 37.0 Å². The lowest BCUT2D eigenvalue weighted by Gasteiger charge is -2.24. The van der Waals surface area contributed by atoms with Gasteiger partial charge in [0.1, 0.15) is 12.1 Å². The van der Waals surface area contributed by atoms with Crippen LogP contribution in [0.5, 0.6) is 11.5 Å². The Bertz CT molecular complexity index is 799. The highest BCUT2D eigenvalue weighted by Crippen LogP contribution is 2.41. The molecule has 192 valence electrons. The summed E-state index contributed by atoms with van der Waals surface area (Å²) in [7, 11) is 0. The Morgan fingerprint density at radius 2 is 2.00 bits per heavy atom. The molecule has 1 N–H and O–H groups in total. The number of rotatable bonds is 15. The second-order valence-electron chi connectivity index (χ2n) is 9.75. The van der Waals surface area contributed by atoms with Gasteiger partial charge >= 0.3 is 11.9 Å². The predicted molar refractivity (Wildman–Crippen MR) is 137 cm³/mol. The Balaban J connectivity index is 1.73. The Labute approximate surface area is 209 Å². The van der Waals surface area contributed by atoms with Crippen molar-refractivity contribution in [2.75, 3.05) is 19.7 Å². The van der Waals surface area contributed by atoms with E-state index in [1.165, 1.54) is 18.6 Å². The molecule has 0 saturated carbocycles. The third-order valence-electron chi connectivity index (χ3n) is 5.81. The highest BCUT2D eigenvalue weighted by Gasteiger charge is 2.32. The van der Waals surface area contributed by atoms with Gasteiger partial charge in [-0.25, -0.2) is 9.03 Å². The van der Waals surface area contributed by atoms with Crippen LogP contribution in [0.4, 0.5) is 0 Å². The van der Waals surface area contributed by atoms with Crippen molar-refractivity contribution < 1.29 is 23.8 Å². The molecule has 1 atom stereocenters. The average molecular weight is 495 g/mol. The van der Waals surface area contributed by atoms with E-state index in [1.54, 1.807) is 6.07 Å². The number of nitrogens with zero attached hydrogens (tertiary/aromatic N) is 1. The van der Waals surface area contributed by atoms with Crippen LogP contribution in [0.3, 0.4) is 0 Å². The van der Waals surface area contributed by atoms with Crippen molar-refractivity contribution >= 4 is 24.1 Å². The standard InChI is InChI=1S/C26H42N2O5S/c1-7-9-11-20(8-2)18-31-23(29)14-15-28(19(3)4)34-27-17-24(30)32-22-13-10-12-21-16-26(5,6)33-25(21)22/h10,12-13,19-20,27H,7-9,11,14-18H2,1-6H3. The van der Waals surface area contributed by atoms with E-state index >= 15 is 0 Å². The lowest BCUT2D eigenvalue weighted by atomic mass is 10.0. The van der Waals surface area contributed by atoms with E-state index in [9.17, 15) is 9.59 Å². The van der Waals surface area contributed by atoms with Gasteiger partial charge < -0.3 is 14.2 Å². The van der Waals surface area contributed by atoms with Gasteiger partial charge in [-0.3, -0.25) is 9.59 Å². The first kappa shape index (κ1) is 28.5. The van der Waals surface area contributed by atoms with E-state index in [4.69, 9.17) is 14.2 Å². The lowest BCUT2D eigenvalue weighted by molar-refractivity contribution is -0.145. The summed E-state index contributed by atoms with van der Waals surface area (Å²) in [5.74, 6) is 0.967. The molecule has 0 saturated heterocycles. The van der Waals surface area contributed by atoms with Crippen LogP contribution < -0.4 is 14.2 Å². The van der Waals surface area contributed by atoms with Crippen LogP contribution in [0.25, 0.3) is 0 Å². The first-order chi connectivity index (χ1) is 16.1. The summed E-state index contributed by atoms with van der Waals surface area (Å²) in [4.78, 5) is 24.6. The van der Waals surface area contributed by atoms with Crippen molar-refractivity contribution in [3.05, 3.63) is 23.8 Å². The molecular weight excluding hydrogens is 452 g/mol. The van der Waals surface area contributed by atoms with Crippen molar-refractivity contribution in [3.63, 3.8) is 0 Å². The normalized spacial score (nSPS) is 15.2. The van der Waals surface area contributed by atoms with Gasteiger partial charge in [0.2, 0.25) is 0 Å². The quantitative estimate of drug-likeness (QED) is 0.199. The zero-order valence-corrected chi connectivity index (χ0v) is 22.5. The van der Waals surface area contributed by atoms with E-state index in [-0.39, 0.29) is 24.2 Å². The van der Waals surface area contributed by atoms with Gasteiger partial charge in [0, 0.05) is 36.7 Å². The molecular formula is C26H42N2O5S. The molecule has 7 nitrogen and oxygen atoms in total. The summed E-state index contributed by atoms with van der Waals surface area (Å²) in [6, 6.07) is 5.81. The molecule has 0 spiro atoms. The van der Waals surface area contributed by atoms with E-state index in [0.717, 1.165) is 31.2 Å². The fraction of sp³-hybridized carbons (Fsp3) is 0.692. The van der Waals surface area contributed by atoms with Crippen LogP contribution >= 0.6 is 12.1 Å². The van der Waals surface area contributed by atoms with E-state index in [1.807, 2.05) is 44.1 Å². The molecule has 0 aliphatic carbocycles. The zero-order chi connectivity index (χ0) is 25.1. The number of unbranched alkanes of at least 4 members (excludes halogenated alkanes) is 1. The first-order valence-electron chi connectivity index (χ1n) is 12.5. The summed E-state index contributed by atoms with van der Waals surface area (Å²) in [6.45, 7) is 13.5. The van der Waals surface area contributed by atoms with Gasteiger partial charge in [-0.2, -0.15) is 0 Å². The largest absolute Gasteiger partial charge is 0.483 e. The molecule has 0 aromatic heterocycles. The van der Waals surface area contributed by atoms with Crippen LogP contribution in [0.1, 0.15) is 79.2 Å². The minimum Gasteiger partial charge on any atom is -0.483 e. The number of carbonyl (C=O) groups excluding carboxylic acids is 2. The van der Waals surface area contributed by atoms with Gasteiger partial charge in [-0.05, 0) is 46.1 Å². The molecule has 0 radical (unpaired) electrons. The van der Waals surface area contributed by atoms with Crippen molar-refractivity contribution in [3.8, 4) is 11.5 Å². The fourth-order valence-electron chi connectivity index (χ4n) is 3.79. The maximum absolute atomic E-state index is 12.4. The number of para-hydroxylation sites is 1. The molecule has 0 amide bonds. The Morgan fingerprint density at radius 1 is 1.24 bits per heavy atom. The van der Waals surface area contributed by atoms with Gasteiger partial charge in [-0.15, -0.1) is 0 Å². The number of benzene rings is 1. The summed E-state index contributed by atoms with van der Waals surface area (Å²) < 4.78 is 22.1. The molecule has 1 aliphatic rings. The number of hydrogen-bond acceptors (Lipinski definition) is 8. The van der Waals surface area contributed by atoms with Crippen LogP contribution in [-0.4, -0.2) is 47.6 Å². The van der Waals surface area contributed by atoms with Gasteiger partial charge in [0.15, 0.2) is 11.5 Å². The Kier molecular flexibility index (Phi) is 11.7. The third-order valence-corrected chi connectivity index (χ3v) is 6.92. The number of esters is 2. The smallest absolute Gasteiger partial charge is 0.326 e. The number of carbonyl (C=O) groups is 2. The number of fused-ring (bicyclic) bond motifs is 1. The van der Waals surface area contributed by atoms with Crippen molar-refractivity contribution in [1.29, 1.82) is 0 Å². The average Bonchev–Trinajstić information content (AvgIpc) is 3.10. The molecule has 0 bridgehead atoms. The lowest BCUT2D eigenvalue weighted by Crippen LogP contribution is -2.32. The second kappa shape index (κ2) is 14.0. The number of hydrogen-bond donors (Lipinski definition) is 1. The predicted octanol–water partition coefficient (Wildman–Crippen LogP) is 5.32. The van der Waals surface area contributed by atoms with Crippen molar-refractivity contribution in [2.45, 2.75) is 91.7 Å². The fourth-order valence-corrected chi connectivity index (χ4v) is 4.53. The molecule has 1 heterocycles. The highest BCUT2D eigenvalue weighted by atomic mass is 32.2. The molecule has 34 heavy (non-hydrogen) atoms. The number of nitrogens with one attached hydrogen (secondary N) is 1. The third kappa shape index (κ3) is 9.47. The topological polar surface area (TPSA) is 77.1 Å². The molecule has 2 rings (SSSR count). The SMILES string of the molecule is CCCCC(CC)COC(=O)CCN(SNCC(=O)Oc1cccc2c1OC(C)(C)C2)C(C)C. The summed E-state index contributed by atoms with van der Waals surface area (Å²) >= 11 is 1.32.